The molecule has 2 atom stereocenters. The molecule has 2 N–H and O–H groups in total. The molecule has 0 aromatic carbocycles. The maximum atomic E-state index is 5.63. The molecule has 2 aliphatic rings. The molecule has 1 aromatic rings. The molecule has 4 heteroatoms. The van der Waals surface area contributed by atoms with E-state index < -0.39 is 0 Å². The quantitative estimate of drug-likeness (QED) is 0.814. The van der Waals surface area contributed by atoms with Crippen molar-refractivity contribution >= 4 is 0 Å². The molecule has 1 aromatic heterocycles. The topological polar surface area (TPSA) is 56.7 Å². The molecule has 2 fully saturated rings. The van der Waals surface area contributed by atoms with Gasteiger partial charge in [0, 0.05) is 6.42 Å². The van der Waals surface area contributed by atoms with Gasteiger partial charge in [-0.2, -0.15) is 0 Å². The predicted octanol–water partition coefficient (Wildman–Crippen LogP) is 1.31. The first-order valence-corrected chi connectivity index (χ1v) is 6.42. The highest BCUT2D eigenvalue weighted by Gasteiger charge is 2.38. The third-order valence-corrected chi connectivity index (χ3v) is 3.81. The molecule has 2 unspecified atom stereocenters. The van der Waals surface area contributed by atoms with Gasteiger partial charge in [-0.1, -0.05) is 12.1 Å². The molecule has 0 amide bonds. The molecule has 4 nitrogen and oxygen atoms in total. The zero-order valence-corrected chi connectivity index (χ0v) is 9.89. The SMILES string of the molecule is CC1CC1n1nnc(CCN)c1CC1CC1. The van der Waals surface area contributed by atoms with Crippen LogP contribution in [-0.2, 0) is 12.8 Å². The van der Waals surface area contributed by atoms with Crippen LogP contribution in [0.1, 0.15) is 43.6 Å². The van der Waals surface area contributed by atoms with E-state index in [0.29, 0.717) is 12.6 Å². The Bertz CT molecular complexity index is 380. The van der Waals surface area contributed by atoms with Gasteiger partial charge in [0.15, 0.2) is 0 Å². The number of nitrogens with two attached hydrogens (primary N) is 1. The second kappa shape index (κ2) is 3.84. The lowest BCUT2D eigenvalue weighted by Crippen LogP contribution is -2.09. The lowest BCUT2D eigenvalue weighted by Gasteiger charge is -2.06. The van der Waals surface area contributed by atoms with Crippen molar-refractivity contribution in [1.82, 2.24) is 15.0 Å². The standard InChI is InChI=1S/C12H20N4/c1-8-6-11(8)16-12(7-9-2-3-9)10(4-5-13)14-15-16/h8-9,11H,2-7,13H2,1H3. The molecule has 1 heterocycles. The zero-order valence-electron chi connectivity index (χ0n) is 9.89. The Morgan fingerprint density at radius 1 is 1.44 bits per heavy atom. The molecule has 2 saturated carbocycles. The van der Waals surface area contributed by atoms with Crippen LogP contribution in [0.2, 0.25) is 0 Å². The number of rotatable bonds is 5. The minimum absolute atomic E-state index is 0.618. The van der Waals surface area contributed by atoms with Gasteiger partial charge in [-0.15, -0.1) is 5.10 Å². The van der Waals surface area contributed by atoms with E-state index in [1.54, 1.807) is 0 Å². The lowest BCUT2D eigenvalue weighted by molar-refractivity contribution is 0.546. The smallest absolute Gasteiger partial charge is 0.0871 e. The Kier molecular flexibility index (Phi) is 2.46. The molecule has 88 valence electrons. The van der Waals surface area contributed by atoms with Crippen molar-refractivity contribution in [3.63, 3.8) is 0 Å². The van der Waals surface area contributed by atoms with Gasteiger partial charge in [0.25, 0.3) is 0 Å². The van der Waals surface area contributed by atoms with E-state index >= 15 is 0 Å². The third kappa shape index (κ3) is 1.86. The first kappa shape index (κ1) is 10.3. The average Bonchev–Trinajstić information content (AvgIpc) is 3.14. The maximum Gasteiger partial charge on any atom is 0.0871 e. The highest BCUT2D eigenvalue weighted by atomic mass is 15.5. The van der Waals surface area contributed by atoms with E-state index in [2.05, 4.69) is 21.9 Å². The van der Waals surface area contributed by atoms with E-state index in [4.69, 9.17) is 5.73 Å². The summed E-state index contributed by atoms with van der Waals surface area (Å²) in [7, 11) is 0. The summed E-state index contributed by atoms with van der Waals surface area (Å²) in [5.74, 6) is 1.67. The van der Waals surface area contributed by atoms with Crippen LogP contribution < -0.4 is 5.73 Å². The van der Waals surface area contributed by atoms with Gasteiger partial charge in [0.2, 0.25) is 0 Å². The van der Waals surface area contributed by atoms with Crippen LogP contribution in [0.4, 0.5) is 0 Å². The minimum atomic E-state index is 0.618. The van der Waals surface area contributed by atoms with Crippen molar-refractivity contribution in [2.45, 2.75) is 45.1 Å². The number of hydrogen-bond donors (Lipinski definition) is 1. The summed E-state index contributed by atoms with van der Waals surface area (Å²) in [4.78, 5) is 0. The molecule has 0 saturated heterocycles. The van der Waals surface area contributed by atoms with Crippen molar-refractivity contribution in [1.29, 1.82) is 0 Å². The van der Waals surface area contributed by atoms with Gasteiger partial charge in [0.1, 0.15) is 0 Å². The largest absolute Gasteiger partial charge is 0.330 e. The van der Waals surface area contributed by atoms with Gasteiger partial charge in [-0.3, -0.25) is 0 Å². The van der Waals surface area contributed by atoms with Crippen LogP contribution in [-0.4, -0.2) is 21.5 Å². The Labute approximate surface area is 96.2 Å². The lowest BCUT2D eigenvalue weighted by atomic mass is 10.1. The van der Waals surface area contributed by atoms with Crippen LogP contribution >= 0.6 is 0 Å². The monoisotopic (exact) mass is 220 g/mol. The number of aromatic nitrogens is 3. The van der Waals surface area contributed by atoms with Crippen LogP contribution in [0.25, 0.3) is 0 Å². The van der Waals surface area contributed by atoms with Crippen LogP contribution in [0.5, 0.6) is 0 Å². The van der Waals surface area contributed by atoms with Gasteiger partial charge >= 0.3 is 0 Å². The molecule has 0 aliphatic heterocycles. The fourth-order valence-corrected chi connectivity index (χ4v) is 2.39. The van der Waals surface area contributed by atoms with Gasteiger partial charge in [0.05, 0.1) is 17.4 Å². The molecule has 0 spiro atoms. The fourth-order valence-electron chi connectivity index (χ4n) is 2.39. The second-order valence-electron chi connectivity index (χ2n) is 5.39. The first-order chi connectivity index (χ1) is 7.79. The van der Waals surface area contributed by atoms with E-state index in [-0.39, 0.29) is 0 Å². The van der Waals surface area contributed by atoms with Crippen molar-refractivity contribution < 1.29 is 0 Å². The highest BCUT2D eigenvalue weighted by Crippen LogP contribution is 2.44. The van der Waals surface area contributed by atoms with Gasteiger partial charge in [-0.25, -0.2) is 4.68 Å². The number of hydrogen-bond acceptors (Lipinski definition) is 3. The molecule has 16 heavy (non-hydrogen) atoms. The van der Waals surface area contributed by atoms with Crippen molar-refractivity contribution in [2.24, 2.45) is 17.6 Å². The summed E-state index contributed by atoms with van der Waals surface area (Å²) < 4.78 is 2.19. The van der Waals surface area contributed by atoms with Crippen molar-refractivity contribution in [2.75, 3.05) is 6.54 Å². The normalized spacial score (nSPS) is 28.4. The molecule has 2 aliphatic carbocycles. The Balaban J connectivity index is 1.84. The molecular formula is C12H20N4. The summed E-state index contributed by atoms with van der Waals surface area (Å²) in [6.45, 7) is 2.96. The van der Waals surface area contributed by atoms with Crippen LogP contribution in [0, 0.1) is 11.8 Å². The van der Waals surface area contributed by atoms with Gasteiger partial charge in [-0.05, 0) is 44.1 Å². The second-order valence-corrected chi connectivity index (χ2v) is 5.39. The van der Waals surface area contributed by atoms with Crippen molar-refractivity contribution in [3.8, 4) is 0 Å². The maximum absolute atomic E-state index is 5.63. The zero-order chi connectivity index (χ0) is 11.1. The average molecular weight is 220 g/mol. The summed E-state index contributed by atoms with van der Waals surface area (Å²) >= 11 is 0. The van der Waals surface area contributed by atoms with E-state index in [9.17, 15) is 0 Å². The predicted molar refractivity (Wildman–Crippen MR) is 62.0 cm³/mol. The van der Waals surface area contributed by atoms with E-state index in [0.717, 1.165) is 24.0 Å². The fraction of sp³-hybridized carbons (Fsp3) is 0.833. The summed E-state index contributed by atoms with van der Waals surface area (Å²) in [6.07, 6.45) is 6.08. The molecule has 3 rings (SSSR count). The Hall–Kier alpha value is -0.900. The summed E-state index contributed by atoms with van der Waals surface area (Å²) in [5.41, 5.74) is 8.15. The summed E-state index contributed by atoms with van der Waals surface area (Å²) in [6, 6.07) is 0.618. The number of nitrogens with zero attached hydrogens (tertiary/aromatic N) is 3. The van der Waals surface area contributed by atoms with E-state index in [1.807, 2.05) is 0 Å². The molecule has 0 radical (unpaired) electrons. The molecular weight excluding hydrogens is 200 g/mol. The van der Waals surface area contributed by atoms with Crippen molar-refractivity contribution in [3.05, 3.63) is 11.4 Å². The highest BCUT2D eigenvalue weighted by molar-refractivity contribution is 5.15. The van der Waals surface area contributed by atoms with Crippen LogP contribution in [0.15, 0.2) is 0 Å². The van der Waals surface area contributed by atoms with Crippen LogP contribution in [0.3, 0.4) is 0 Å². The summed E-state index contributed by atoms with van der Waals surface area (Å²) in [5, 5.41) is 8.65. The third-order valence-electron chi connectivity index (χ3n) is 3.81. The van der Waals surface area contributed by atoms with Gasteiger partial charge < -0.3 is 5.73 Å². The first-order valence-electron chi connectivity index (χ1n) is 6.42. The van der Waals surface area contributed by atoms with E-state index in [1.165, 1.54) is 31.4 Å². The molecule has 0 bridgehead atoms. The Morgan fingerprint density at radius 3 is 2.75 bits per heavy atom. The Morgan fingerprint density at radius 2 is 2.19 bits per heavy atom. The minimum Gasteiger partial charge on any atom is -0.330 e.